The van der Waals surface area contributed by atoms with Gasteiger partial charge in [0.15, 0.2) is 0 Å². The van der Waals surface area contributed by atoms with Crippen LogP contribution in [0.2, 0.25) is 0 Å². The van der Waals surface area contributed by atoms with Gasteiger partial charge in [-0.2, -0.15) is 0 Å². The van der Waals surface area contributed by atoms with E-state index in [9.17, 15) is 0 Å². The first-order valence-electron chi connectivity index (χ1n) is 4.04. The lowest BCUT2D eigenvalue weighted by atomic mass is 10.2. The van der Waals surface area contributed by atoms with E-state index in [1.54, 1.807) is 7.11 Å². The van der Waals surface area contributed by atoms with Crippen molar-refractivity contribution in [3.8, 4) is 0 Å². The van der Waals surface area contributed by atoms with Crippen molar-refractivity contribution < 1.29 is 4.74 Å². The molecule has 1 heterocycles. The first kappa shape index (κ1) is 9.36. The molecule has 0 radical (unpaired) electrons. The molecule has 0 amide bonds. The van der Waals surface area contributed by atoms with Crippen molar-refractivity contribution >= 4 is 11.8 Å². The molecule has 0 aromatic heterocycles. The molecule has 0 aromatic carbocycles. The van der Waals surface area contributed by atoms with Crippen LogP contribution in [0.5, 0.6) is 0 Å². The van der Waals surface area contributed by atoms with E-state index < -0.39 is 0 Å². The van der Waals surface area contributed by atoms with Crippen LogP contribution < -0.4 is 5.32 Å². The third kappa shape index (κ3) is 2.65. The van der Waals surface area contributed by atoms with Gasteiger partial charge in [0.25, 0.3) is 0 Å². The number of hydrogen-bond acceptors (Lipinski definition) is 3. The molecule has 0 aliphatic carbocycles. The van der Waals surface area contributed by atoms with Gasteiger partial charge in [0.05, 0.1) is 11.5 Å². The third-order valence-electron chi connectivity index (χ3n) is 1.93. The van der Waals surface area contributed by atoms with Crippen molar-refractivity contribution in [1.29, 1.82) is 0 Å². The third-order valence-corrected chi connectivity index (χ3v) is 3.57. The molecular formula is C8H17NOS. The van der Waals surface area contributed by atoms with Crippen molar-refractivity contribution in [1.82, 2.24) is 5.32 Å². The zero-order valence-corrected chi connectivity index (χ0v) is 8.33. The molecule has 1 fully saturated rings. The maximum absolute atomic E-state index is 5.14. The monoisotopic (exact) mass is 175 g/mol. The number of hydrogen-bond donors (Lipinski definition) is 1. The Hall–Kier alpha value is 0.270. The molecule has 0 saturated carbocycles. The molecular weight excluding hydrogens is 158 g/mol. The summed E-state index contributed by atoms with van der Waals surface area (Å²) in [6, 6.07) is 0. The Labute approximate surface area is 73.1 Å². The lowest BCUT2D eigenvalue weighted by molar-refractivity contribution is 0.156. The van der Waals surface area contributed by atoms with Crippen molar-refractivity contribution in [2.45, 2.75) is 18.7 Å². The van der Waals surface area contributed by atoms with Crippen molar-refractivity contribution in [3.63, 3.8) is 0 Å². The van der Waals surface area contributed by atoms with E-state index in [0.717, 1.165) is 19.1 Å². The molecule has 2 atom stereocenters. The number of rotatable bonds is 2. The van der Waals surface area contributed by atoms with Crippen LogP contribution in [-0.4, -0.2) is 30.9 Å². The van der Waals surface area contributed by atoms with E-state index in [2.05, 4.69) is 19.2 Å². The largest absolute Gasteiger partial charge is 0.382 e. The summed E-state index contributed by atoms with van der Waals surface area (Å²) in [6.45, 7) is 6.39. The average Bonchev–Trinajstić information content (AvgIpc) is 1.97. The second kappa shape index (κ2) is 3.78. The van der Waals surface area contributed by atoms with Crippen LogP contribution >= 0.6 is 11.8 Å². The van der Waals surface area contributed by atoms with Gasteiger partial charge in [-0.15, -0.1) is 11.8 Å². The van der Waals surface area contributed by atoms with E-state index in [4.69, 9.17) is 4.74 Å². The fraction of sp³-hybridized carbons (Fsp3) is 1.00. The van der Waals surface area contributed by atoms with Crippen molar-refractivity contribution in [2.24, 2.45) is 5.92 Å². The molecule has 1 saturated heterocycles. The summed E-state index contributed by atoms with van der Waals surface area (Å²) in [7, 11) is 1.76. The lowest BCUT2D eigenvalue weighted by Crippen LogP contribution is -2.49. The van der Waals surface area contributed by atoms with Gasteiger partial charge >= 0.3 is 0 Å². The summed E-state index contributed by atoms with van der Waals surface area (Å²) < 4.78 is 5.14. The number of ether oxygens (including phenoxy) is 1. The maximum atomic E-state index is 5.14. The van der Waals surface area contributed by atoms with Crippen LogP contribution in [0.15, 0.2) is 0 Å². The summed E-state index contributed by atoms with van der Waals surface area (Å²) in [6.07, 6.45) is 0. The Morgan fingerprint density at radius 3 is 2.91 bits per heavy atom. The van der Waals surface area contributed by atoms with E-state index in [-0.39, 0.29) is 4.87 Å². The normalized spacial score (nSPS) is 39.0. The molecule has 0 spiro atoms. The summed E-state index contributed by atoms with van der Waals surface area (Å²) in [5, 5.41) is 3.48. The molecule has 2 nitrogen and oxygen atoms in total. The topological polar surface area (TPSA) is 21.3 Å². The summed E-state index contributed by atoms with van der Waals surface area (Å²) in [5.74, 6) is 2.04. The van der Waals surface area contributed by atoms with E-state index in [1.807, 2.05) is 11.8 Å². The highest BCUT2D eigenvalue weighted by Crippen LogP contribution is 2.28. The van der Waals surface area contributed by atoms with Gasteiger partial charge in [0, 0.05) is 7.11 Å². The van der Waals surface area contributed by atoms with Gasteiger partial charge in [-0.25, -0.2) is 0 Å². The standard InChI is InChI=1S/C8H17NOS/c1-7-4-9-8(2,6-10-3)11-5-7/h7,9H,4-6H2,1-3H3. The second-order valence-corrected chi connectivity index (χ2v) is 4.98. The zero-order chi connectivity index (χ0) is 8.32. The summed E-state index contributed by atoms with van der Waals surface area (Å²) >= 11 is 1.96. The lowest BCUT2D eigenvalue weighted by Gasteiger charge is -2.36. The number of thioether (sulfide) groups is 1. The number of nitrogens with one attached hydrogen (secondary N) is 1. The van der Waals surface area contributed by atoms with Crippen LogP contribution in [0.4, 0.5) is 0 Å². The van der Waals surface area contributed by atoms with Gasteiger partial charge in [0.1, 0.15) is 0 Å². The van der Waals surface area contributed by atoms with Crippen LogP contribution in [-0.2, 0) is 4.74 Å². The van der Waals surface area contributed by atoms with Gasteiger partial charge in [-0.3, -0.25) is 0 Å². The summed E-state index contributed by atoms with van der Waals surface area (Å²) in [5.41, 5.74) is 0. The molecule has 66 valence electrons. The molecule has 0 aromatic rings. The Morgan fingerprint density at radius 1 is 1.73 bits per heavy atom. The molecule has 0 bridgehead atoms. The Morgan fingerprint density at radius 2 is 2.45 bits per heavy atom. The van der Waals surface area contributed by atoms with Gasteiger partial charge < -0.3 is 10.1 Å². The quantitative estimate of drug-likeness (QED) is 0.684. The fourth-order valence-electron chi connectivity index (χ4n) is 1.19. The molecule has 11 heavy (non-hydrogen) atoms. The number of methoxy groups -OCH3 is 1. The van der Waals surface area contributed by atoms with E-state index in [1.165, 1.54) is 5.75 Å². The molecule has 2 unspecified atom stereocenters. The van der Waals surface area contributed by atoms with Crippen molar-refractivity contribution in [2.75, 3.05) is 26.0 Å². The zero-order valence-electron chi connectivity index (χ0n) is 7.52. The van der Waals surface area contributed by atoms with Crippen LogP contribution in [0.3, 0.4) is 0 Å². The van der Waals surface area contributed by atoms with Gasteiger partial charge in [-0.1, -0.05) is 6.92 Å². The molecule has 1 aliphatic rings. The molecule has 1 aliphatic heterocycles. The van der Waals surface area contributed by atoms with E-state index >= 15 is 0 Å². The predicted molar refractivity (Wildman–Crippen MR) is 49.9 cm³/mol. The first-order chi connectivity index (χ1) is 5.16. The Balaban J connectivity index is 2.35. The average molecular weight is 175 g/mol. The van der Waals surface area contributed by atoms with Crippen LogP contribution in [0, 0.1) is 5.92 Å². The summed E-state index contributed by atoms with van der Waals surface area (Å²) in [4.78, 5) is 0.154. The minimum Gasteiger partial charge on any atom is -0.382 e. The fourth-order valence-corrected chi connectivity index (χ4v) is 2.35. The Bertz CT molecular complexity index is 121. The van der Waals surface area contributed by atoms with Crippen LogP contribution in [0.1, 0.15) is 13.8 Å². The molecule has 3 heteroatoms. The highest BCUT2D eigenvalue weighted by atomic mass is 32.2. The first-order valence-corrected chi connectivity index (χ1v) is 5.03. The van der Waals surface area contributed by atoms with Gasteiger partial charge in [0.2, 0.25) is 0 Å². The SMILES string of the molecule is COCC1(C)NCC(C)CS1. The maximum Gasteiger partial charge on any atom is 0.0853 e. The minimum atomic E-state index is 0.154. The smallest absolute Gasteiger partial charge is 0.0853 e. The second-order valence-electron chi connectivity index (χ2n) is 3.46. The predicted octanol–water partition coefficient (Wildman–Crippen LogP) is 1.32. The molecule has 1 N–H and O–H groups in total. The van der Waals surface area contributed by atoms with E-state index in [0.29, 0.717) is 0 Å². The molecule has 1 rings (SSSR count). The highest BCUT2D eigenvalue weighted by Gasteiger charge is 2.29. The highest BCUT2D eigenvalue weighted by molar-refractivity contribution is 8.00. The van der Waals surface area contributed by atoms with Crippen LogP contribution in [0.25, 0.3) is 0 Å². The van der Waals surface area contributed by atoms with Gasteiger partial charge in [-0.05, 0) is 25.1 Å². The minimum absolute atomic E-state index is 0.154. The Kier molecular flexibility index (Phi) is 3.22. The van der Waals surface area contributed by atoms with Crippen molar-refractivity contribution in [3.05, 3.63) is 0 Å².